The van der Waals surface area contributed by atoms with Crippen LogP contribution in [0.25, 0.3) is 21.9 Å². The molecule has 146 valence electrons. The highest BCUT2D eigenvalue weighted by atomic mass is 16.1. The van der Waals surface area contributed by atoms with Gasteiger partial charge in [0.2, 0.25) is 0 Å². The molecule has 0 spiro atoms. The molecule has 0 aliphatic carbocycles. The number of benzene rings is 1. The molecule has 4 aromatic rings. The van der Waals surface area contributed by atoms with Crippen LogP contribution in [0.4, 0.5) is 0 Å². The minimum Gasteiger partial charge on any atom is -0.350 e. The molecule has 29 heavy (non-hydrogen) atoms. The van der Waals surface area contributed by atoms with E-state index in [1.807, 2.05) is 35.0 Å². The topological polar surface area (TPSA) is 84.7 Å². The van der Waals surface area contributed by atoms with Gasteiger partial charge >= 0.3 is 0 Å². The lowest BCUT2D eigenvalue weighted by Gasteiger charge is -2.08. The van der Waals surface area contributed by atoms with Crippen molar-refractivity contribution in [3.05, 3.63) is 66.1 Å². The van der Waals surface area contributed by atoms with Crippen LogP contribution in [0.5, 0.6) is 0 Å². The fraction of sp³-hybridized carbons (Fsp3) is 0.273. The molecule has 3 aromatic heterocycles. The Morgan fingerprint density at radius 1 is 1.14 bits per heavy atom. The van der Waals surface area contributed by atoms with Crippen molar-refractivity contribution in [3.63, 3.8) is 0 Å². The fourth-order valence-electron chi connectivity index (χ4n) is 4.04. The molecule has 0 saturated carbocycles. The molecule has 0 radical (unpaired) electrons. The largest absolute Gasteiger partial charge is 0.350 e. The Morgan fingerprint density at radius 3 is 2.90 bits per heavy atom. The van der Waals surface area contributed by atoms with Gasteiger partial charge in [0.1, 0.15) is 0 Å². The summed E-state index contributed by atoms with van der Waals surface area (Å²) in [6, 6.07) is 13.5. The zero-order chi connectivity index (χ0) is 19.6. The SMILES string of the molecule is O=C(NCCn1nc(C2CCNC2)c2cccnc21)c1cccc2cccnc12. The number of hydrogen-bond donors (Lipinski definition) is 2. The lowest BCUT2D eigenvalue weighted by Crippen LogP contribution is -2.28. The van der Waals surface area contributed by atoms with Crippen LogP contribution >= 0.6 is 0 Å². The third-order valence-electron chi connectivity index (χ3n) is 5.47. The van der Waals surface area contributed by atoms with Gasteiger partial charge < -0.3 is 10.6 Å². The van der Waals surface area contributed by atoms with Crippen LogP contribution in [0.1, 0.15) is 28.4 Å². The Labute approximate surface area is 168 Å². The highest BCUT2D eigenvalue weighted by Crippen LogP contribution is 2.27. The fourth-order valence-corrected chi connectivity index (χ4v) is 4.04. The van der Waals surface area contributed by atoms with E-state index >= 15 is 0 Å². The molecule has 1 saturated heterocycles. The van der Waals surface area contributed by atoms with E-state index < -0.39 is 0 Å². The molecule has 0 bridgehead atoms. The Balaban J connectivity index is 1.34. The van der Waals surface area contributed by atoms with Crippen LogP contribution in [0, 0.1) is 0 Å². The molecule has 1 amide bonds. The molecule has 7 heteroatoms. The second-order valence-corrected chi connectivity index (χ2v) is 7.31. The van der Waals surface area contributed by atoms with Crippen molar-refractivity contribution in [2.45, 2.75) is 18.9 Å². The molecule has 1 aromatic carbocycles. The van der Waals surface area contributed by atoms with E-state index in [2.05, 4.69) is 26.7 Å². The molecular formula is C22H22N6O. The number of fused-ring (bicyclic) bond motifs is 2. The Morgan fingerprint density at radius 2 is 2.00 bits per heavy atom. The first-order valence-electron chi connectivity index (χ1n) is 9.95. The second-order valence-electron chi connectivity index (χ2n) is 7.31. The highest BCUT2D eigenvalue weighted by molar-refractivity contribution is 6.05. The van der Waals surface area contributed by atoms with Gasteiger partial charge in [-0.25, -0.2) is 9.67 Å². The molecular weight excluding hydrogens is 364 g/mol. The van der Waals surface area contributed by atoms with Crippen LogP contribution in [-0.4, -0.2) is 45.3 Å². The van der Waals surface area contributed by atoms with Gasteiger partial charge in [-0.15, -0.1) is 0 Å². The quantitative estimate of drug-likeness (QED) is 0.550. The summed E-state index contributed by atoms with van der Waals surface area (Å²) in [6.07, 6.45) is 4.59. The molecule has 1 fully saturated rings. The lowest BCUT2D eigenvalue weighted by atomic mass is 10.0. The summed E-state index contributed by atoms with van der Waals surface area (Å²) in [4.78, 5) is 21.6. The van der Waals surface area contributed by atoms with Crippen molar-refractivity contribution >= 4 is 27.8 Å². The second kappa shape index (κ2) is 7.60. The van der Waals surface area contributed by atoms with Crippen LogP contribution in [0.3, 0.4) is 0 Å². The van der Waals surface area contributed by atoms with Crippen molar-refractivity contribution in [1.29, 1.82) is 0 Å². The van der Waals surface area contributed by atoms with Crippen molar-refractivity contribution < 1.29 is 4.79 Å². The number of carbonyl (C=O) groups excluding carboxylic acids is 1. The van der Waals surface area contributed by atoms with E-state index in [0.29, 0.717) is 24.6 Å². The van der Waals surface area contributed by atoms with Crippen molar-refractivity contribution in [1.82, 2.24) is 30.4 Å². The first-order valence-corrected chi connectivity index (χ1v) is 9.95. The number of amides is 1. The molecule has 1 aliphatic rings. The van der Waals surface area contributed by atoms with E-state index in [9.17, 15) is 4.79 Å². The molecule has 1 atom stereocenters. The Bertz CT molecular complexity index is 1170. The van der Waals surface area contributed by atoms with Gasteiger partial charge in [-0.05, 0) is 37.2 Å². The maximum atomic E-state index is 12.7. The monoisotopic (exact) mass is 386 g/mol. The Hall–Kier alpha value is -3.32. The van der Waals surface area contributed by atoms with Gasteiger partial charge in [-0.1, -0.05) is 18.2 Å². The van der Waals surface area contributed by atoms with E-state index in [1.165, 1.54) is 0 Å². The number of hydrogen-bond acceptors (Lipinski definition) is 5. The molecule has 1 unspecified atom stereocenters. The van der Waals surface area contributed by atoms with Crippen LogP contribution in [0.15, 0.2) is 54.9 Å². The lowest BCUT2D eigenvalue weighted by molar-refractivity contribution is 0.0953. The summed E-state index contributed by atoms with van der Waals surface area (Å²) >= 11 is 0. The summed E-state index contributed by atoms with van der Waals surface area (Å²) in [5.41, 5.74) is 3.28. The van der Waals surface area contributed by atoms with Gasteiger partial charge in [0.15, 0.2) is 5.65 Å². The standard InChI is InChI=1S/C22H22N6O/c29-22(18-6-1-4-15-5-2-9-24-19(15)18)26-12-13-28-21-17(7-3-10-25-21)20(27-28)16-8-11-23-14-16/h1-7,9-10,16,23H,8,11-14H2,(H,26,29). The maximum Gasteiger partial charge on any atom is 0.253 e. The zero-order valence-corrected chi connectivity index (χ0v) is 16.0. The van der Waals surface area contributed by atoms with Crippen LogP contribution in [-0.2, 0) is 6.54 Å². The Kier molecular flexibility index (Phi) is 4.65. The average Bonchev–Trinajstić information content (AvgIpc) is 3.41. The molecule has 5 rings (SSSR count). The smallest absolute Gasteiger partial charge is 0.253 e. The number of nitrogens with one attached hydrogen (secondary N) is 2. The first kappa shape index (κ1) is 17.8. The summed E-state index contributed by atoms with van der Waals surface area (Å²) in [6.45, 7) is 3.01. The number of nitrogens with zero attached hydrogens (tertiary/aromatic N) is 4. The van der Waals surface area contributed by atoms with Gasteiger partial charge in [0, 0.05) is 42.2 Å². The summed E-state index contributed by atoms with van der Waals surface area (Å²) in [5, 5.41) is 13.3. The molecule has 4 heterocycles. The third kappa shape index (κ3) is 3.34. The predicted molar refractivity (Wildman–Crippen MR) is 112 cm³/mol. The number of para-hydroxylation sites is 1. The molecule has 2 N–H and O–H groups in total. The van der Waals surface area contributed by atoms with Gasteiger partial charge in [-0.2, -0.15) is 5.10 Å². The molecule has 7 nitrogen and oxygen atoms in total. The van der Waals surface area contributed by atoms with Crippen LogP contribution < -0.4 is 10.6 Å². The summed E-state index contributed by atoms with van der Waals surface area (Å²) < 4.78 is 1.91. The number of rotatable bonds is 5. The van der Waals surface area contributed by atoms with Crippen molar-refractivity contribution in [2.24, 2.45) is 0 Å². The van der Waals surface area contributed by atoms with Crippen LogP contribution in [0.2, 0.25) is 0 Å². The maximum absolute atomic E-state index is 12.7. The van der Waals surface area contributed by atoms with Gasteiger partial charge in [0.25, 0.3) is 5.91 Å². The van der Waals surface area contributed by atoms with E-state index in [-0.39, 0.29) is 5.91 Å². The normalized spacial score (nSPS) is 16.5. The van der Waals surface area contributed by atoms with E-state index in [1.54, 1.807) is 18.5 Å². The van der Waals surface area contributed by atoms with Gasteiger partial charge in [0.05, 0.1) is 23.3 Å². The number of pyridine rings is 2. The van der Waals surface area contributed by atoms with Gasteiger partial charge in [-0.3, -0.25) is 9.78 Å². The number of carbonyl (C=O) groups is 1. The highest BCUT2D eigenvalue weighted by Gasteiger charge is 2.23. The van der Waals surface area contributed by atoms with E-state index in [4.69, 9.17) is 5.10 Å². The minimum absolute atomic E-state index is 0.126. The van der Waals surface area contributed by atoms with Crippen molar-refractivity contribution in [3.8, 4) is 0 Å². The predicted octanol–water partition coefficient (Wildman–Crippen LogP) is 2.49. The average molecular weight is 386 g/mol. The zero-order valence-electron chi connectivity index (χ0n) is 16.0. The minimum atomic E-state index is -0.126. The van der Waals surface area contributed by atoms with E-state index in [0.717, 1.165) is 47.1 Å². The number of aromatic nitrogens is 4. The van der Waals surface area contributed by atoms with Crippen molar-refractivity contribution in [2.75, 3.05) is 19.6 Å². The first-order chi connectivity index (χ1) is 14.3. The third-order valence-corrected chi connectivity index (χ3v) is 5.47. The summed E-state index contributed by atoms with van der Waals surface area (Å²) in [5.74, 6) is 0.290. The summed E-state index contributed by atoms with van der Waals surface area (Å²) in [7, 11) is 0. The molecule has 1 aliphatic heterocycles.